The number of anilines is 1. The Morgan fingerprint density at radius 2 is 1.47 bits per heavy atom. The molecule has 36 heavy (non-hydrogen) atoms. The number of esters is 2. The summed E-state index contributed by atoms with van der Waals surface area (Å²) in [5.41, 5.74) is -0.336. The number of carbonyl (C=O) groups excluding carboxylic acids is 5. The van der Waals surface area contributed by atoms with Gasteiger partial charge in [0.1, 0.15) is 25.9 Å². The Morgan fingerprint density at radius 1 is 0.944 bits per heavy atom. The molecule has 0 aliphatic carbocycles. The minimum absolute atomic E-state index is 0.0434. The number of para-hydroxylation sites is 1. The third-order valence-corrected chi connectivity index (χ3v) is 5.31. The summed E-state index contributed by atoms with van der Waals surface area (Å²) >= 11 is 3.80. The number of benzene rings is 1. The van der Waals surface area contributed by atoms with Crippen molar-refractivity contribution in [1.29, 1.82) is 0 Å². The zero-order valence-electron chi connectivity index (χ0n) is 19.6. The predicted octanol–water partition coefficient (Wildman–Crippen LogP) is 3.17. The fourth-order valence-corrected chi connectivity index (χ4v) is 3.90. The average Bonchev–Trinajstić information content (AvgIpc) is 3.27. The second kappa shape index (κ2) is 13.9. The normalized spacial score (nSPS) is 16.4. The van der Waals surface area contributed by atoms with Gasteiger partial charge in [-0.2, -0.15) is 0 Å². The smallest absolute Gasteiger partial charge is 0.410 e. The van der Waals surface area contributed by atoms with Crippen LogP contribution in [0.3, 0.4) is 0 Å². The number of thiol groups is 1. The lowest BCUT2D eigenvalue weighted by molar-refractivity contribution is -0.120. The van der Waals surface area contributed by atoms with Crippen molar-refractivity contribution >= 4 is 47.4 Å². The van der Waals surface area contributed by atoms with E-state index in [4.69, 9.17) is 14.2 Å². The Kier molecular flexibility index (Phi) is 10.9. The first kappa shape index (κ1) is 28.4. The summed E-state index contributed by atoms with van der Waals surface area (Å²) < 4.78 is 15.3. The third-order valence-electron chi connectivity index (χ3n) is 5.13. The van der Waals surface area contributed by atoms with Crippen molar-refractivity contribution in [2.45, 2.75) is 18.9 Å². The Bertz CT molecular complexity index is 1010. The highest BCUT2D eigenvalue weighted by Crippen LogP contribution is 2.30. The van der Waals surface area contributed by atoms with Gasteiger partial charge < -0.3 is 19.5 Å². The first-order valence-corrected chi connectivity index (χ1v) is 11.4. The van der Waals surface area contributed by atoms with Crippen LogP contribution in [-0.2, 0) is 23.8 Å². The highest BCUT2D eigenvalue weighted by Gasteiger charge is 2.41. The molecule has 2 amide bonds. The van der Waals surface area contributed by atoms with Crippen LogP contribution in [-0.4, -0.2) is 66.4 Å². The fraction of sp³-hybridized carbons (Fsp3) is 0.320. The number of ether oxygens (including phenoxy) is 3. The van der Waals surface area contributed by atoms with Crippen molar-refractivity contribution in [2.75, 3.05) is 31.7 Å². The molecule has 192 valence electrons. The molecule has 1 fully saturated rings. The van der Waals surface area contributed by atoms with E-state index in [1.54, 1.807) is 0 Å². The maximum atomic E-state index is 13.4. The van der Waals surface area contributed by atoms with E-state index in [9.17, 15) is 24.0 Å². The standard InChI is InChI=1S/C25H28N2O8S/c1-4-10-33-23(30)17-8-7-9-18(24(31)34-11-5-2)21(17)26-22(29)19-13-16(14-20(28)36)15-27(19)25(32)35-12-6-3/h4-9,16,19H,1-3,10-15H2,(H,26,29)(H,28,36)/t16-,19-/m0/s1. The molecule has 0 bridgehead atoms. The van der Waals surface area contributed by atoms with Gasteiger partial charge in [0.05, 0.1) is 16.8 Å². The molecule has 2 rings (SSSR count). The lowest BCUT2D eigenvalue weighted by atomic mass is 10.0. The second-order valence-electron chi connectivity index (χ2n) is 7.72. The molecule has 1 heterocycles. The number of nitrogens with one attached hydrogen (secondary N) is 1. The number of hydrogen-bond acceptors (Lipinski definition) is 8. The summed E-state index contributed by atoms with van der Waals surface area (Å²) in [7, 11) is 0. The quantitative estimate of drug-likeness (QED) is 0.188. The SMILES string of the molecule is C=CCOC(=O)c1cccc(C(=O)OCC=C)c1NC(=O)[C@@H]1C[C@@H](CC(=O)S)CN1C(=O)OCC=C. The summed E-state index contributed by atoms with van der Waals surface area (Å²) in [5, 5.41) is 2.20. The van der Waals surface area contributed by atoms with Gasteiger partial charge in [-0.3, -0.25) is 14.5 Å². The van der Waals surface area contributed by atoms with Crippen molar-refractivity contribution in [2.24, 2.45) is 5.92 Å². The van der Waals surface area contributed by atoms with E-state index in [2.05, 4.69) is 37.7 Å². The Labute approximate surface area is 214 Å². The van der Waals surface area contributed by atoms with E-state index in [1.807, 2.05) is 0 Å². The summed E-state index contributed by atoms with van der Waals surface area (Å²) in [4.78, 5) is 64.0. The first-order chi connectivity index (χ1) is 17.2. The molecule has 2 atom stereocenters. The fourth-order valence-electron chi connectivity index (χ4n) is 3.64. The molecule has 0 unspecified atom stereocenters. The molecule has 0 radical (unpaired) electrons. The second-order valence-corrected chi connectivity index (χ2v) is 8.22. The van der Waals surface area contributed by atoms with Gasteiger partial charge in [0.15, 0.2) is 5.12 Å². The molecular weight excluding hydrogens is 488 g/mol. The summed E-state index contributed by atoms with van der Waals surface area (Å²) in [5.74, 6) is -2.65. The molecule has 10 nitrogen and oxygen atoms in total. The van der Waals surface area contributed by atoms with Gasteiger partial charge in [-0.1, -0.05) is 44.0 Å². The van der Waals surface area contributed by atoms with Crippen LogP contribution < -0.4 is 5.32 Å². The van der Waals surface area contributed by atoms with Crippen molar-refractivity contribution < 1.29 is 38.2 Å². The van der Waals surface area contributed by atoms with Crippen molar-refractivity contribution in [3.63, 3.8) is 0 Å². The minimum atomic E-state index is -1.05. The van der Waals surface area contributed by atoms with Crippen LogP contribution in [0.1, 0.15) is 33.6 Å². The van der Waals surface area contributed by atoms with E-state index in [-0.39, 0.29) is 67.1 Å². The highest BCUT2D eigenvalue weighted by molar-refractivity contribution is 7.96. The van der Waals surface area contributed by atoms with Crippen LogP contribution in [0, 0.1) is 5.92 Å². The molecule has 11 heteroatoms. The Morgan fingerprint density at radius 3 is 1.97 bits per heavy atom. The Hall–Kier alpha value is -3.86. The van der Waals surface area contributed by atoms with Gasteiger partial charge in [-0.25, -0.2) is 14.4 Å². The van der Waals surface area contributed by atoms with E-state index in [1.165, 1.54) is 41.3 Å². The lowest BCUT2D eigenvalue weighted by Gasteiger charge is -2.24. The molecule has 1 N–H and O–H groups in total. The van der Waals surface area contributed by atoms with Crippen LogP contribution >= 0.6 is 12.6 Å². The molecule has 0 spiro atoms. The minimum Gasteiger partial charge on any atom is -0.458 e. The van der Waals surface area contributed by atoms with E-state index >= 15 is 0 Å². The van der Waals surface area contributed by atoms with E-state index in [0.29, 0.717) is 0 Å². The maximum Gasteiger partial charge on any atom is 0.410 e. The van der Waals surface area contributed by atoms with E-state index in [0.717, 1.165) is 0 Å². The van der Waals surface area contributed by atoms with Gasteiger partial charge in [0.2, 0.25) is 5.91 Å². The summed E-state index contributed by atoms with van der Waals surface area (Å²) in [6.45, 7) is 10.3. The van der Waals surface area contributed by atoms with E-state index < -0.39 is 30.0 Å². The van der Waals surface area contributed by atoms with Gasteiger partial charge >= 0.3 is 18.0 Å². The number of amides is 2. The van der Waals surface area contributed by atoms with Crippen molar-refractivity contribution in [1.82, 2.24) is 4.90 Å². The molecule has 0 aromatic heterocycles. The molecular formula is C25H28N2O8S. The number of carbonyl (C=O) groups is 5. The summed E-state index contributed by atoms with van der Waals surface area (Å²) in [6, 6.07) is 3.14. The maximum absolute atomic E-state index is 13.4. The number of hydrogen-bond donors (Lipinski definition) is 2. The first-order valence-electron chi connectivity index (χ1n) is 11.0. The zero-order chi connectivity index (χ0) is 26.7. The van der Waals surface area contributed by atoms with Crippen molar-refractivity contribution in [3.8, 4) is 0 Å². The van der Waals surface area contributed by atoms with Gasteiger partial charge in [-0.15, -0.1) is 12.6 Å². The third kappa shape index (κ3) is 7.57. The molecule has 1 aromatic carbocycles. The van der Waals surface area contributed by atoms with Gasteiger partial charge in [0.25, 0.3) is 0 Å². The molecule has 1 aliphatic heterocycles. The number of rotatable bonds is 12. The average molecular weight is 517 g/mol. The monoisotopic (exact) mass is 516 g/mol. The predicted molar refractivity (Wildman–Crippen MR) is 135 cm³/mol. The van der Waals surface area contributed by atoms with Crippen LogP contribution in [0.15, 0.2) is 56.2 Å². The van der Waals surface area contributed by atoms with Crippen molar-refractivity contribution in [3.05, 3.63) is 67.3 Å². The molecule has 0 saturated carbocycles. The lowest BCUT2D eigenvalue weighted by Crippen LogP contribution is -2.43. The molecule has 1 aliphatic rings. The zero-order valence-corrected chi connectivity index (χ0v) is 20.5. The van der Waals surface area contributed by atoms with Crippen LogP contribution in [0.4, 0.5) is 10.5 Å². The largest absolute Gasteiger partial charge is 0.458 e. The number of likely N-dealkylation sites (tertiary alicyclic amines) is 1. The van der Waals surface area contributed by atoms with Crippen LogP contribution in [0.2, 0.25) is 0 Å². The Balaban J connectivity index is 2.42. The highest BCUT2D eigenvalue weighted by atomic mass is 32.1. The molecule has 1 saturated heterocycles. The van der Waals surface area contributed by atoms with Gasteiger partial charge in [0, 0.05) is 13.0 Å². The van der Waals surface area contributed by atoms with Crippen LogP contribution in [0.25, 0.3) is 0 Å². The summed E-state index contributed by atoms with van der Waals surface area (Å²) in [6.07, 6.45) is 3.53. The van der Waals surface area contributed by atoms with Gasteiger partial charge in [-0.05, 0) is 24.5 Å². The topological polar surface area (TPSA) is 128 Å². The molecule has 1 aromatic rings. The number of nitrogens with zero attached hydrogens (tertiary/aromatic N) is 1. The van der Waals surface area contributed by atoms with Crippen LogP contribution in [0.5, 0.6) is 0 Å².